The summed E-state index contributed by atoms with van der Waals surface area (Å²) in [4.78, 5) is 15.2. The highest BCUT2D eigenvalue weighted by atomic mass is 16.5. The van der Waals surface area contributed by atoms with Gasteiger partial charge in [0.25, 0.3) is 0 Å². The fourth-order valence-electron chi connectivity index (χ4n) is 6.65. The van der Waals surface area contributed by atoms with Crippen molar-refractivity contribution < 1.29 is 14.6 Å². The summed E-state index contributed by atoms with van der Waals surface area (Å²) < 4.78 is 10.3. The molecule has 7 heteroatoms. The third-order valence-corrected chi connectivity index (χ3v) is 8.29. The second-order valence-corrected chi connectivity index (χ2v) is 11.5. The van der Waals surface area contributed by atoms with Crippen molar-refractivity contribution in [3.05, 3.63) is 83.3 Å². The molecule has 0 saturated heterocycles. The number of ether oxygens (including phenoxy) is 1. The van der Waals surface area contributed by atoms with Crippen molar-refractivity contribution in [2.45, 2.75) is 52.1 Å². The van der Waals surface area contributed by atoms with Crippen LogP contribution >= 0.6 is 0 Å². The van der Waals surface area contributed by atoms with Gasteiger partial charge in [-0.3, -0.25) is 4.68 Å². The van der Waals surface area contributed by atoms with Crippen LogP contribution < -0.4 is 4.74 Å². The van der Waals surface area contributed by atoms with E-state index in [2.05, 4.69) is 66.8 Å². The Kier molecular flexibility index (Phi) is 7.30. The number of carboxylic acid groups (broad SMARTS) is 1. The van der Waals surface area contributed by atoms with E-state index in [1.54, 1.807) is 0 Å². The number of carbonyl (C=O) groups is 1. The molecule has 0 aliphatic carbocycles. The van der Waals surface area contributed by atoms with Crippen LogP contribution in [0.1, 0.15) is 60.0 Å². The number of aryl methyl sites for hydroxylation is 3. The Morgan fingerprint density at radius 3 is 2.56 bits per heavy atom. The van der Waals surface area contributed by atoms with Crippen LogP contribution in [-0.2, 0) is 26.6 Å². The van der Waals surface area contributed by atoms with Crippen LogP contribution in [0.15, 0.2) is 60.7 Å². The van der Waals surface area contributed by atoms with Gasteiger partial charge in [-0.25, -0.2) is 4.79 Å². The lowest BCUT2D eigenvalue weighted by Crippen LogP contribution is -2.22. The van der Waals surface area contributed by atoms with Gasteiger partial charge in [-0.2, -0.15) is 5.10 Å². The summed E-state index contributed by atoms with van der Waals surface area (Å²) in [6.45, 7) is 7.18. The van der Waals surface area contributed by atoms with Crippen LogP contribution in [0.2, 0.25) is 0 Å². The Hall–Kier alpha value is -4.10. The van der Waals surface area contributed by atoms with E-state index in [1.807, 2.05) is 36.0 Å². The van der Waals surface area contributed by atoms with E-state index in [0.717, 1.165) is 69.3 Å². The lowest BCUT2D eigenvalue weighted by atomic mass is 9.94. The van der Waals surface area contributed by atoms with Crippen molar-refractivity contribution in [1.82, 2.24) is 19.2 Å². The first-order valence-corrected chi connectivity index (χ1v) is 14.6. The minimum Gasteiger partial charge on any atom is -0.493 e. The maximum absolute atomic E-state index is 12.9. The number of para-hydroxylation sites is 1. The monoisotopic (exact) mass is 550 g/mol. The zero-order valence-electron chi connectivity index (χ0n) is 24.4. The van der Waals surface area contributed by atoms with Gasteiger partial charge in [0.15, 0.2) is 0 Å². The predicted octanol–water partition coefficient (Wildman–Crippen LogP) is 6.86. The summed E-state index contributed by atoms with van der Waals surface area (Å²) in [6, 6.07) is 20.6. The van der Waals surface area contributed by atoms with Crippen LogP contribution in [0.4, 0.5) is 0 Å². The van der Waals surface area contributed by atoms with E-state index in [4.69, 9.17) is 9.84 Å². The third kappa shape index (κ3) is 4.88. The largest absolute Gasteiger partial charge is 0.493 e. The molecule has 0 amide bonds. The topological polar surface area (TPSA) is 72.5 Å². The van der Waals surface area contributed by atoms with Crippen molar-refractivity contribution in [1.29, 1.82) is 0 Å². The summed E-state index contributed by atoms with van der Waals surface area (Å²) in [5.74, 6) is 0.255. The molecule has 0 bridgehead atoms. The number of nitrogens with zero attached hydrogens (tertiary/aromatic N) is 4. The highest BCUT2D eigenvalue weighted by molar-refractivity contribution is 6.04. The number of aromatic nitrogens is 3. The van der Waals surface area contributed by atoms with Gasteiger partial charge in [-0.15, -0.1) is 0 Å². The van der Waals surface area contributed by atoms with Crippen molar-refractivity contribution in [3.63, 3.8) is 0 Å². The molecule has 7 nitrogen and oxygen atoms in total. The van der Waals surface area contributed by atoms with Crippen LogP contribution in [-0.4, -0.2) is 50.5 Å². The molecule has 0 unspecified atom stereocenters. The summed E-state index contributed by atoms with van der Waals surface area (Å²) in [7, 11) is 4.14. The SMILES string of the molecule is CC(C)c1c2c(nn1C)CN(C)CCCn1c(C(=O)O)c(CCCOc3cccc4ccccc34)c3cccc-2c31. The first-order chi connectivity index (χ1) is 19.8. The van der Waals surface area contributed by atoms with Gasteiger partial charge >= 0.3 is 5.97 Å². The summed E-state index contributed by atoms with van der Waals surface area (Å²) in [6.07, 6.45) is 2.19. The molecule has 3 aromatic carbocycles. The van der Waals surface area contributed by atoms with E-state index in [1.165, 1.54) is 5.69 Å². The second kappa shape index (κ2) is 11.1. The second-order valence-electron chi connectivity index (χ2n) is 11.5. The molecule has 1 N–H and O–H groups in total. The molecule has 0 saturated carbocycles. The zero-order valence-corrected chi connectivity index (χ0v) is 24.4. The Bertz CT molecular complexity index is 1740. The lowest BCUT2D eigenvalue weighted by Gasteiger charge is -2.21. The number of fused-ring (bicyclic) bond motifs is 3. The van der Waals surface area contributed by atoms with E-state index in [9.17, 15) is 9.90 Å². The normalized spacial score (nSPS) is 14.1. The first-order valence-electron chi connectivity index (χ1n) is 14.6. The zero-order chi connectivity index (χ0) is 28.7. The molecule has 1 aliphatic heterocycles. The number of hydrogen-bond acceptors (Lipinski definition) is 4. The molecule has 41 heavy (non-hydrogen) atoms. The fourth-order valence-corrected chi connectivity index (χ4v) is 6.65. The van der Waals surface area contributed by atoms with E-state index < -0.39 is 5.97 Å². The first kappa shape index (κ1) is 27.1. The molecule has 0 radical (unpaired) electrons. The standard InChI is InChI=1S/C34H38N4O3/c1-22(2)31-30-27-15-8-14-25-26(16-9-20-41-29-17-7-12-23-11-5-6-13-24(23)29)33(34(39)40)38(32(25)27)19-10-18-36(3)21-28(30)35-37(31)4/h5-8,11-15,17,22H,9-10,16,18-21H2,1-4H3,(H,39,40). The number of aromatic carboxylic acids is 1. The van der Waals surface area contributed by atoms with Crippen LogP contribution in [0.5, 0.6) is 5.75 Å². The maximum atomic E-state index is 12.9. The number of hydrogen-bond donors (Lipinski definition) is 1. The van der Waals surface area contributed by atoms with Gasteiger partial charge in [0.05, 0.1) is 17.8 Å². The average Bonchev–Trinajstić information content (AvgIpc) is 3.45. The van der Waals surface area contributed by atoms with Crippen molar-refractivity contribution in [2.24, 2.45) is 7.05 Å². The quantitative estimate of drug-likeness (QED) is 0.224. The van der Waals surface area contributed by atoms with E-state index in [0.29, 0.717) is 31.7 Å². The van der Waals surface area contributed by atoms with Crippen LogP contribution in [0.25, 0.3) is 32.8 Å². The molecule has 3 heterocycles. The predicted molar refractivity (Wildman–Crippen MR) is 164 cm³/mol. The highest BCUT2D eigenvalue weighted by Gasteiger charge is 2.29. The molecule has 0 atom stereocenters. The molecule has 6 rings (SSSR count). The van der Waals surface area contributed by atoms with Gasteiger partial charge < -0.3 is 19.3 Å². The highest BCUT2D eigenvalue weighted by Crippen LogP contribution is 2.41. The van der Waals surface area contributed by atoms with Crippen LogP contribution in [0.3, 0.4) is 0 Å². The smallest absolute Gasteiger partial charge is 0.352 e. The van der Waals surface area contributed by atoms with Gasteiger partial charge in [-0.1, -0.05) is 68.4 Å². The van der Waals surface area contributed by atoms with Gasteiger partial charge in [0.2, 0.25) is 0 Å². The van der Waals surface area contributed by atoms with Gasteiger partial charge in [0, 0.05) is 47.7 Å². The molecule has 0 spiro atoms. The molecular formula is C34H38N4O3. The van der Waals surface area contributed by atoms with Crippen molar-refractivity contribution >= 4 is 27.6 Å². The maximum Gasteiger partial charge on any atom is 0.352 e. The minimum atomic E-state index is -0.877. The minimum absolute atomic E-state index is 0.271. The molecule has 5 aromatic rings. The average molecular weight is 551 g/mol. The van der Waals surface area contributed by atoms with Crippen LogP contribution in [0, 0.1) is 0 Å². The summed E-state index contributed by atoms with van der Waals surface area (Å²) >= 11 is 0. The number of carboxylic acids is 1. The Morgan fingerprint density at radius 1 is 1.00 bits per heavy atom. The van der Waals surface area contributed by atoms with Crippen molar-refractivity contribution in [2.75, 3.05) is 20.2 Å². The van der Waals surface area contributed by atoms with E-state index >= 15 is 0 Å². The summed E-state index contributed by atoms with van der Waals surface area (Å²) in [5.41, 5.74) is 6.74. The molecular weight excluding hydrogens is 512 g/mol. The summed E-state index contributed by atoms with van der Waals surface area (Å²) in [5, 5.41) is 18.8. The van der Waals surface area contributed by atoms with Crippen molar-refractivity contribution in [3.8, 4) is 16.9 Å². The third-order valence-electron chi connectivity index (χ3n) is 8.29. The van der Waals surface area contributed by atoms with E-state index in [-0.39, 0.29) is 5.92 Å². The molecule has 212 valence electrons. The molecule has 1 aliphatic rings. The Morgan fingerprint density at radius 2 is 1.76 bits per heavy atom. The Balaban J connectivity index is 1.42. The van der Waals surface area contributed by atoms with Gasteiger partial charge in [0.1, 0.15) is 11.4 Å². The number of benzene rings is 3. The Labute approximate surface area is 241 Å². The number of rotatable bonds is 7. The lowest BCUT2D eigenvalue weighted by molar-refractivity contribution is 0.0684. The van der Waals surface area contributed by atoms with Gasteiger partial charge in [-0.05, 0) is 55.8 Å². The fraction of sp³-hybridized carbons (Fsp3) is 0.353. The molecule has 2 aromatic heterocycles. The molecule has 0 fully saturated rings.